The fourth-order valence-corrected chi connectivity index (χ4v) is 3.45. The van der Waals surface area contributed by atoms with Crippen LogP contribution in [-0.4, -0.2) is 49.7 Å². The molecule has 0 aromatic carbocycles. The molecule has 0 atom stereocenters. The topological polar surface area (TPSA) is 78.1 Å². The molecule has 0 saturated heterocycles. The average Bonchev–Trinajstić information content (AvgIpc) is 3.05. The molecule has 1 aliphatic carbocycles. The highest BCUT2D eigenvalue weighted by Crippen LogP contribution is 2.24. The SMILES string of the molecule is Cc1n[nH]c(C)c1S(=O)(=O)NCCN(C)C1CC1. The van der Waals surface area contributed by atoms with E-state index in [1.807, 2.05) is 7.05 Å². The molecule has 1 saturated carbocycles. The van der Waals surface area contributed by atoms with Crippen LogP contribution in [0.2, 0.25) is 0 Å². The molecule has 0 radical (unpaired) electrons. The minimum absolute atomic E-state index is 0.275. The van der Waals surface area contributed by atoms with E-state index in [0.717, 1.165) is 6.54 Å². The Hall–Kier alpha value is -0.920. The molecular formula is C11H20N4O2S. The van der Waals surface area contributed by atoms with Crippen LogP contribution in [0.5, 0.6) is 0 Å². The van der Waals surface area contributed by atoms with Gasteiger partial charge in [0.2, 0.25) is 10.0 Å². The Bertz CT molecular complexity index is 500. The summed E-state index contributed by atoms with van der Waals surface area (Å²) in [7, 11) is -1.42. The van der Waals surface area contributed by atoms with Crippen LogP contribution in [0.4, 0.5) is 0 Å². The zero-order valence-electron chi connectivity index (χ0n) is 11.0. The largest absolute Gasteiger partial charge is 0.302 e. The molecule has 0 aliphatic heterocycles. The Morgan fingerprint density at radius 2 is 2.11 bits per heavy atom. The maximum Gasteiger partial charge on any atom is 0.244 e. The molecule has 102 valence electrons. The summed E-state index contributed by atoms with van der Waals surface area (Å²) in [6, 6.07) is 0.645. The van der Waals surface area contributed by atoms with Gasteiger partial charge in [0, 0.05) is 19.1 Å². The number of aromatic amines is 1. The van der Waals surface area contributed by atoms with Crippen LogP contribution < -0.4 is 4.72 Å². The van der Waals surface area contributed by atoms with Crippen molar-refractivity contribution >= 4 is 10.0 Å². The van der Waals surface area contributed by atoms with E-state index in [1.54, 1.807) is 13.8 Å². The Morgan fingerprint density at radius 1 is 1.44 bits per heavy atom. The first-order valence-corrected chi connectivity index (χ1v) is 7.61. The summed E-state index contributed by atoms with van der Waals surface area (Å²) in [5.41, 5.74) is 1.09. The van der Waals surface area contributed by atoms with E-state index < -0.39 is 10.0 Å². The molecule has 7 heteroatoms. The third kappa shape index (κ3) is 2.90. The minimum Gasteiger partial charge on any atom is -0.302 e. The van der Waals surface area contributed by atoms with E-state index in [0.29, 0.717) is 24.0 Å². The maximum absolute atomic E-state index is 12.1. The highest BCUT2D eigenvalue weighted by molar-refractivity contribution is 7.89. The summed E-state index contributed by atoms with van der Waals surface area (Å²) in [5, 5.41) is 6.60. The lowest BCUT2D eigenvalue weighted by atomic mass is 10.4. The highest BCUT2D eigenvalue weighted by Gasteiger charge is 2.26. The van der Waals surface area contributed by atoms with Gasteiger partial charge < -0.3 is 4.90 Å². The lowest BCUT2D eigenvalue weighted by Crippen LogP contribution is -2.34. The third-order valence-electron chi connectivity index (χ3n) is 3.26. The first-order chi connectivity index (χ1) is 8.42. The van der Waals surface area contributed by atoms with Crippen LogP contribution in [0.3, 0.4) is 0 Å². The number of nitrogens with zero attached hydrogens (tertiary/aromatic N) is 2. The van der Waals surface area contributed by atoms with Gasteiger partial charge in [-0.05, 0) is 33.7 Å². The Morgan fingerprint density at radius 3 is 2.61 bits per heavy atom. The molecule has 1 aliphatic rings. The standard InChI is InChI=1S/C11H20N4O2S/c1-8-11(9(2)14-13-8)18(16,17)12-6-7-15(3)10-4-5-10/h10,12H,4-7H2,1-3H3,(H,13,14). The zero-order valence-corrected chi connectivity index (χ0v) is 11.8. The molecular weight excluding hydrogens is 252 g/mol. The molecule has 18 heavy (non-hydrogen) atoms. The summed E-state index contributed by atoms with van der Waals surface area (Å²) < 4.78 is 26.9. The molecule has 2 rings (SSSR count). The van der Waals surface area contributed by atoms with Gasteiger partial charge in [0.15, 0.2) is 0 Å². The zero-order chi connectivity index (χ0) is 13.3. The second-order valence-corrected chi connectivity index (χ2v) is 6.58. The molecule has 0 bridgehead atoms. The van der Waals surface area contributed by atoms with Crippen molar-refractivity contribution in [2.75, 3.05) is 20.1 Å². The fraction of sp³-hybridized carbons (Fsp3) is 0.727. The predicted molar refractivity (Wildman–Crippen MR) is 68.9 cm³/mol. The third-order valence-corrected chi connectivity index (χ3v) is 4.98. The van der Waals surface area contributed by atoms with Crippen molar-refractivity contribution < 1.29 is 8.42 Å². The van der Waals surface area contributed by atoms with Gasteiger partial charge in [0.05, 0.1) is 11.4 Å². The molecule has 1 aromatic rings. The van der Waals surface area contributed by atoms with Crippen molar-refractivity contribution in [3.05, 3.63) is 11.4 Å². The fourth-order valence-electron chi connectivity index (χ4n) is 2.06. The smallest absolute Gasteiger partial charge is 0.244 e. The second kappa shape index (κ2) is 4.99. The van der Waals surface area contributed by atoms with E-state index in [-0.39, 0.29) is 4.90 Å². The molecule has 1 fully saturated rings. The van der Waals surface area contributed by atoms with Crippen LogP contribution in [0.1, 0.15) is 24.2 Å². The lowest BCUT2D eigenvalue weighted by molar-refractivity contribution is 0.329. The number of H-pyrrole nitrogens is 1. The Kier molecular flexibility index (Phi) is 3.74. The van der Waals surface area contributed by atoms with Crippen molar-refractivity contribution in [2.45, 2.75) is 37.6 Å². The molecule has 2 N–H and O–H groups in total. The number of hydrogen-bond donors (Lipinski definition) is 2. The normalized spacial score (nSPS) is 16.4. The van der Waals surface area contributed by atoms with Gasteiger partial charge >= 0.3 is 0 Å². The number of hydrogen-bond acceptors (Lipinski definition) is 4. The monoisotopic (exact) mass is 272 g/mol. The van der Waals surface area contributed by atoms with Gasteiger partial charge in [-0.3, -0.25) is 5.10 Å². The Labute approximate surface area is 108 Å². The molecule has 0 amide bonds. The summed E-state index contributed by atoms with van der Waals surface area (Å²) in [6.07, 6.45) is 2.45. The van der Waals surface area contributed by atoms with Gasteiger partial charge in [-0.2, -0.15) is 5.10 Å². The van der Waals surface area contributed by atoms with Crippen molar-refractivity contribution in [1.82, 2.24) is 19.8 Å². The minimum atomic E-state index is -3.45. The molecule has 1 aromatic heterocycles. The van der Waals surface area contributed by atoms with Gasteiger partial charge in [0.1, 0.15) is 4.90 Å². The number of aryl methyl sites for hydroxylation is 2. The predicted octanol–water partition coefficient (Wildman–Crippen LogP) is 0.399. The average molecular weight is 272 g/mol. The second-order valence-electron chi connectivity index (χ2n) is 4.87. The first-order valence-electron chi connectivity index (χ1n) is 6.13. The van der Waals surface area contributed by atoms with E-state index in [9.17, 15) is 8.42 Å². The van der Waals surface area contributed by atoms with E-state index in [1.165, 1.54) is 12.8 Å². The summed E-state index contributed by atoms with van der Waals surface area (Å²) in [4.78, 5) is 2.47. The quantitative estimate of drug-likeness (QED) is 0.785. The first kappa shape index (κ1) is 13.5. The van der Waals surface area contributed by atoms with Crippen molar-refractivity contribution in [1.29, 1.82) is 0 Å². The van der Waals surface area contributed by atoms with Crippen molar-refractivity contribution in [2.24, 2.45) is 0 Å². The van der Waals surface area contributed by atoms with E-state index in [2.05, 4.69) is 19.8 Å². The summed E-state index contributed by atoms with van der Waals surface area (Å²) in [6.45, 7) is 4.57. The van der Waals surface area contributed by atoms with Gasteiger partial charge in [-0.15, -0.1) is 0 Å². The highest BCUT2D eigenvalue weighted by atomic mass is 32.2. The lowest BCUT2D eigenvalue weighted by Gasteiger charge is -2.15. The number of rotatable bonds is 6. The van der Waals surface area contributed by atoms with Gasteiger partial charge in [-0.25, -0.2) is 13.1 Å². The van der Waals surface area contributed by atoms with Gasteiger partial charge in [-0.1, -0.05) is 0 Å². The summed E-state index contributed by atoms with van der Waals surface area (Å²) >= 11 is 0. The summed E-state index contributed by atoms with van der Waals surface area (Å²) in [5.74, 6) is 0. The Balaban J connectivity index is 1.95. The molecule has 0 spiro atoms. The van der Waals surface area contributed by atoms with Crippen LogP contribution in [0.15, 0.2) is 4.90 Å². The van der Waals surface area contributed by atoms with E-state index in [4.69, 9.17) is 0 Å². The van der Waals surface area contributed by atoms with Gasteiger partial charge in [0.25, 0.3) is 0 Å². The molecule has 6 nitrogen and oxygen atoms in total. The van der Waals surface area contributed by atoms with E-state index >= 15 is 0 Å². The van der Waals surface area contributed by atoms with Crippen LogP contribution in [0, 0.1) is 13.8 Å². The van der Waals surface area contributed by atoms with Crippen molar-refractivity contribution in [3.8, 4) is 0 Å². The number of sulfonamides is 1. The van der Waals surface area contributed by atoms with Crippen LogP contribution in [-0.2, 0) is 10.0 Å². The van der Waals surface area contributed by atoms with Crippen molar-refractivity contribution in [3.63, 3.8) is 0 Å². The maximum atomic E-state index is 12.1. The number of nitrogens with one attached hydrogen (secondary N) is 2. The number of likely N-dealkylation sites (N-methyl/N-ethyl adjacent to an activating group) is 1. The van der Waals surface area contributed by atoms with Crippen LogP contribution in [0.25, 0.3) is 0 Å². The van der Waals surface area contributed by atoms with Crippen LogP contribution >= 0.6 is 0 Å². The number of aromatic nitrogens is 2. The molecule has 1 heterocycles. The molecule has 0 unspecified atom stereocenters.